The van der Waals surface area contributed by atoms with Crippen molar-refractivity contribution in [2.45, 2.75) is 6.61 Å². The van der Waals surface area contributed by atoms with Crippen molar-refractivity contribution in [1.82, 2.24) is 9.38 Å². The van der Waals surface area contributed by atoms with Crippen molar-refractivity contribution in [2.24, 2.45) is 0 Å². The van der Waals surface area contributed by atoms with Crippen molar-refractivity contribution in [1.29, 1.82) is 0 Å². The van der Waals surface area contributed by atoms with E-state index in [-0.39, 0.29) is 12.5 Å². The lowest BCUT2D eigenvalue weighted by Crippen LogP contribution is -2.20. The SMILES string of the molecule is O=C(COc1ccc2ccc(=O)oc2c1)Nc1cccc(OCc2cn3ccccc3n2)c1. The molecule has 33 heavy (non-hydrogen) atoms. The van der Waals surface area contributed by atoms with Crippen molar-refractivity contribution in [2.75, 3.05) is 11.9 Å². The van der Waals surface area contributed by atoms with Gasteiger partial charge in [-0.3, -0.25) is 4.79 Å². The lowest BCUT2D eigenvalue weighted by atomic mass is 10.2. The molecule has 5 rings (SSSR count). The molecule has 1 amide bonds. The number of anilines is 1. The number of imidazole rings is 1. The van der Waals surface area contributed by atoms with Gasteiger partial charge >= 0.3 is 5.63 Å². The molecule has 8 nitrogen and oxygen atoms in total. The van der Waals surface area contributed by atoms with E-state index in [4.69, 9.17) is 13.9 Å². The molecule has 8 heteroatoms. The fourth-order valence-electron chi connectivity index (χ4n) is 3.35. The van der Waals surface area contributed by atoms with Crippen molar-refractivity contribution in [3.63, 3.8) is 0 Å². The Labute approximate surface area is 188 Å². The van der Waals surface area contributed by atoms with Crippen LogP contribution in [0.3, 0.4) is 0 Å². The number of hydrogen-bond acceptors (Lipinski definition) is 6. The molecule has 0 atom stereocenters. The van der Waals surface area contributed by atoms with Gasteiger partial charge in [-0.1, -0.05) is 12.1 Å². The van der Waals surface area contributed by atoms with Crippen LogP contribution in [0, 0.1) is 0 Å². The third kappa shape index (κ3) is 4.85. The summed E-state index contributed by atoms with van der Waals surface area (Å²) in [6, 6.07) is 21.0. The molecule has 0 unspecified atom stereocenters. The standard InChI is InChI=1S/C25H19N3O5/c29-24(16-32-21-9-7-17-8-10-25(30)33-22(17)13-21)27-18-4-3-5-20(12-18)31-15-19-14-28-11-2-1-6-23(28)26-19/h1-14H,15-16H2,(H,27,29). The van der Waals surface area contributed by atoms with Crippen molar-refractivity contribution < 1.29 is 18.7 Å². The van der Waals surface area contributed by atoms with E-state index in [1.165, 1.54) is 6.07 Å². The molecule has 0 radical (unpaired) electrons. The Morgan fingerprint density at radius 1 is 0.970 bits per heavy atom. The van der Waals surface area contributed by atoms with E-state index in [0.717, 1.165) is 16.7 Å². The number of ether oxygens (including phenoxy) is 2. The molecular formula is C25H19N3O5. The third-order valence-corrected chi connectivity index (χ3v) is 4.88. The topological polar surface area (TPSA) is 95.1 Å². The highest BCUT2D eigenvalue weighted by Crippen LogP contribution is 2.21. The number of pyridine rings is 1. The molecule has 3 heterocycles. The molecule has 0 saturated heterocycles. The minimum Gasteiger partial charge on any atom is -0.487 e. The van der Waals surface area contributed by atoms with Gasteiger partial charge in [-0.15, -0.1) is 0 Å². The first-order chi connectivity index (χ1) is 16.1. The predicted molar refractivity (Wildman–Crippen MR) is 123 cm³/mol. The monoisotopic (exact) mass is 441 g/mol. The number of rotatable bonds is 7. The molecule has 0 bridgehead atoms. The smallest absolute Gasteiger partial charge is 0.336 e. The zero-order valence-electron chi connectivity index (χ0n) is 17.4. The Morgan fingerprint density at radius 3 is 2.76 bits per heavy atom. The Bertz CT molecular complexity index is 1470. The summed E-state index contributed by atoms with van der Waals surface area (Å²) < 4.78 is 18.4. The fourth-order valence-corrected chi connectivity index (χ4v) is 3.35. The van der Waals surface area contributed by atoms with Crippen LogP contribution in [0.25, 0.3) is 16.6 Å². The zero-order valence-corrected chi connectivity index (χ0v) is 17.4. The second-order valence-corrected chi connectivity index (χ2v) is 7.31. The minimum atomic E-state index is -0.444. The van der Waals surface area contributed by atoms with E-state index in [0.29, 0.717) is 29.4 Å². The van der Waals surface area contributed by atoms with Crippen LogP contribution in [0.1, 0.15) is 5.69 Å². The van der Waals surface area contributed by atoms with Crippen molar-refractivity contribution in [3.05, 3.63) is 101 Å². The Balaban J connectivity index is 1.17. The zero-order chi connectivity index (χ0) is 22.6. The van der Waals surface area contributed by atoms with Gasteiger partial charge in [0.1, 0.15) is 29.3 Å². The molecule has 0 aliphatic rings. The quantitative estimate of drug-likeness (QED) is 0.383. The van der Waals surface area contributed by atoms with Crippen LogP contribution in [0.2, 0.25) is 0 Å². The first-order valence-corrected chi connectivity index (χ1v) is 10.2. The highest BCUT2D eigenvalue weighted by atomic mass is 16.5. The van der Waals surface area contributed by atoms with Gasteiger partial charge in [-0.25, -0.2) is 9.78 Å². The maximum Gasteiger partial charge on any atom is 0.336 e. The van der Waals surface area contributed by atoms with Crippen LogP contribution < -0.4 is 20.4 Å². The van der Waals surface area contributed by atoms with E-state index in [9.17, 15) is 9.59 Å². The molecular weight excluding hydrogens is 422 g/mol. The molecule has 2 aromatic carbocycles. The fraction of sp³-hybridized carbons (Fsp3) is 0.0800. The van der Waals surface area contributed by atoms with Crippen LogP contribution >= 0.6 is 0 Å². The molecule has 0 fully saturated rings. The van der Waals surface area contributed by atoms with Gasteiger partial charge in [0.15, 0.2) is 6.61 Å². The molecule has 0 spiro atoms. The van der Waals surface area contributed by atoms with Gasteiger partial charge in [-0.05, 0) is 42.5 Å². The van der Waals surface area contributed by atoms with E-state index in [1.807, 2.05) is 41.1 Å². The first-order valence-electron chi connectivity index (χ1n) is 10.2. The molecule has 0 aliphatic heterocycles. The number of nitrogens with one attached hydrogen (secondary N) is 1. The second-order valence-electron chi connectivity index (χ2n) is 7.31. The summed E-state index contributed by atoms with van der Waals surface area (Å²) in [5.74, 6) is 0.703. The lowest BCUT2D eigenvalue weighted by Gasteiger charge is -2.10. The molecule has 1 N–H and O–H groups in total. The van der Waals surface area contributed by atoms with Crippen molar-refractivity contribution in [3.8, 4) is 11.5 Å². The maximum atomic E-state index is 12.3. The number of carbonyl (C=O) groups is 1. The Hall–Kier alpha value is -4.59. The summed E-state index contributed by atoms with van der Waals surface area (Å²) in [7, 11) is 0. The number of fused-ring (bicyclic) bond motifs is 2. The Morgan fingerprint density at radius 2 is 1.85 bits per heavy atom. The molecule has 0 aliphatic carbocycles. The van der Waals surface area contributed by atoms with Gasteiger partial charge in [0.05, 0.1) is 5.69 Å². The van der Waals surface area contributed by atoms with Crippen LogP contribution in [-0.2, 0) is 11.4 Å². The number of nitrogens with zero attached hydrogens (tertiary/aromatic N) is 2. The summed E-state index contributed by atoms with van der Waals surface area (Å²) in [6.45, 7) is 0.106. The number of benzene rings is 2. The summed E-state index contributed by atoms with van der Waals surface area (Å²) in [4.78, 5) is 28.2. The predicted octanol–water partition coefficient (Wildman–Crippen LogP) is 4.04. The molecule has 164 valence electrons. The molecule has 0 saturated carbocycles. The van der Waals surface area contributed by atoms with Gasteiger partial charge < -0.3 is 23.6 Å². The number of hydrogen-bond donors (Lipinski definition) is 1. The minimum absolute atomic E-state index is 0.199. The summed E-state index contributed by atoms with van der Waals surface area (Å²) >= 11 is 0. The Kier molecular flexibility index (Phi) is 5.47. The van der Waals surface area contributed by atoms with Gasteiger partial charge in [-0.2, -0.15) is 0 Å². The second kappa shape index (κ2) is 8.88. The average molecular weight is 441 g/mol. The molecule has 3 aromatic heterocycles. The van der Waals surface area contributed by atoms with E-state index >= 15 is 0 Å². The highest BCUT2D eigenvalue weighted by Gasteiger charge is 2.07. The molecule has 5 aromatic rings. The maximum absolute atomic E-state index is 12.3. The largest absolute Gasteiger partial charge is 0.487 e. The van der Waals surface area contributed by atoms with Gasteiger partial charge in [0.2, 0.25) is 0 Å². The van der Waals surface area contributed by atoms with E-state index in [2.05, 4.69) is 10.3 Å². The van der Waals surface area contributed by atoms with Gasteiger partial charge in [0, 0.05) is 41.7 Å². The van der Waals surface area contributed by atoms with Gasteiger partial charge in [0.25, 0.3) is 5.91 Å². The van der Waals surface area contributed by atoms with Crippen LogP contribution in [-0.4, -0.2) is 21.9 Å². The normalized spacial score (nSPS) is 10.9. The number of carbonyl (C=O) groups excluding carboxylic acids is 1. The average Bonchev–Trinajstić information content (AvgIpc) is 3.24. The number of amides is 1. The van der Waals surface area contributed by atoms with Crippen molar-refractivity contribution >= 4 is 28.2 Å². The van der Waals surface area contributed by atoms with Crippen LogP contribution in [0.5, 0.6) is 11.5 Å². The van der Waals surface area contributed by atoms with Crippen LogP contribution in [0.15, 0.2) is 94.4 Å². The lowest BCUT2D eigenvalue weighted by molar-refractivity contribution is -0.118. The van der Waals surface area contributed by atoms with E-state index < -0.39 is 5.63 Å². The summed E-state index contributed by atoms with van der Waals surface area (Å²) in [6.07, 6.45) is 3.84. The third-order valence-electron chi connectivity index (χ3n) is 4.88. The van der Waals surface area contributed by atoms with Crippen LogP contribution in [0.4, 0.5) is 5.69 Å². The van der Waals surface area contributed by atoms with E-state index in [1.54, 1.807) is 42.5 Å². The first kappa shape index (κ1) is 20.3. The number of aromatic nitrogens is 2. The summed E-state index contributed by atoms with van der Waals surface area (Å²) in [5, 5.41) is 3.55. The summed E-state index contributed by atoms with van der Waals surface area (Å²) in [5.41, 5.74) is 2.19. The highest BCUT2D eigenvalue weighted by molar-refractivity contribution is 5.92.